The van der Waals surface area contributed by atoms with Crippen LogP contribution in [-0.2, 0) is 6.42 Å². The van der Waals surface area contributed by atoms with Gasteiger partial charge in [-0.3, -0.25) is 0 Å². The average Bonchev–Trinajstić information content (AvgIpc) is 2.46. The van der Waals surface area contributed by atoms with Gasteiger partial charge in [0, 0.05) is 13.3 Å². The van der Waals surface area contributed by atoms with E-state index in [0.717, 1.165) is 0 Å². The van der Waals surface area contributed by atoms with E-state index in [4.69, 9.17) is 10.2 Å². The standard InChI is InChI=1S/C7H11N3O4/c1-4-8-6(2-5(12)3-11)7(9-4)10(13)14/h5,11-12H,2-3H2,1H3,(H,8,9). The normalized spacial score (nSPS) is 12.8. The number of aromatic nitrogens is 2. The molecule has 1 aromatic rings. The van der Waals surface area contributed by atoms with Crippen LogP contribution in [0, 0.1) is 17.0 Å². The molecule has 7 heteroatoms. The second-order valence-electron chi connectivity index (χ2n) is 2.92. The molecule has 0 aliphatic carbocycles. The summed E-state index contributed by atoms with van der Waals surface area (Å²) in [6, 6.07) is 0. The maximum absolute atomic E-state index is 10.5. The predicted molar refractivity (Wildman–Crippen MR) is 46.8 cm³/mol. The zero-order chi connectivity index (χ0) is 10.7. The Morgan fingerprint density at radius 3 is 2.86 bits per heavy atom. The number of aromatic amines is 1. The molecule has 1 heterocycles. The maximum Gasteiger partial charge on any atom is 0.343 e. The van der Waals surface area contributed by atoms with Gasteiger partial charge in [0.25, 0.3) is 0 Å². The molecule has 3 N–H and O–H groups in total. The van der Waals surface area contributed by atoms with Gasteiger partial charge in [0.05, 0.1) is 12.7 Å². The summed E-state index contributed by atoms with van der Waals surface area (Å²) in [6.07, 6.45) is -1.05. The lowest BCUT2D eigenvalue weighted by Crippen LogP contribution is -2.16. The van der Waals surface area contributed by atoms with Crippen LogP contribution in [0.25, 0.3) is 0 Å². The van der Waals surface area contributed by atoms with Gasteiger partial charge < -0.3 is 20.3 Å². The minimum atomic E-state index is -1.02. The number of hydrogen-bond acceptors (Lipinski definition) is 5. The lowest BCUT2D eigenvalue weighted by Gasteiger charge is -2.03. The molecule has 0 fully saturated rings. The molecule has 0 spiro atoms. The summed E-state index contributed by atoms with van der Waals surface area (Å²) in [5.41, 5.74) is 0.161. The summed E-state index contributed by atoms with van der Waals surface area (Å²) in [6.45, 7) is 1.14. The van der Waals surface area contributed by atoms with E-state index in [1.165, 1.54) is 0 Å². The summed E-state index contributed by atoms with van der Waals surface area (Å²) in [4.78, 5) is 16.2. The lowest BCUT2D eigenvalue weighted by molar-refractivity contribution is -0.390. The van der Waals surface area contributed by atoms with Gasteiger partial charge in [-0.2, -0.15) is 0 Å². The molecule has 0 radical (unpaired) electrons. The van der Waals surface area contributed by atoms with E-state index in [2.05, 4.69) is 9.97 Å². The minimum absolute atomic E-state index is 0.0306. The Balaban J connectivity index is 2.89. The van der Waals surface area contributed by atoms with Gasteiger partial charge in [-0.25, -0.2) is 9.97 Å². The Kier molecular flexibility index (Phi) is 3.15. The molecule has 0 bridgehead atoms. The number of nitrogens with zero attached hydrogens (tertiary/aromatic N) is 2. The van der Waals surface area contributed by atoms with Crippen LogP contribution in [0.15, 0.2) is 0 Å². The highest BCUT2D eigenvalue weighted by molar-refractivity contribution is 5.28. The zero-order valence-electron chi connectivity index (χ0n) is 7.60. The number of H-pyrrole nitrogens is 1. The molecule has 0 aliphatic heterocycles. The van der Waals surface area contributed by atoms with Gasteiger partial charge in [-0.1, -0.05) is 0 Å². The number of nitro groups is 1. The van der Waals surface area contributed by atoms with Crippen LogP contribution in [0.3, 0.4) is 0 Å². The van der Waals surface area contributed by atoms with Crippen molar-refractivity contribution in [1.29, 1.82) is 0 Å². The lowest BCUT2D eigenvalue weighted by atomic mass is 10.2. The van der Waals surface area contributed by atoms with Crippen molar-refractivity contribution in [1.82, 2.24) is 9.97 Å². The molecule has 14 heavy (non-hydrogen) atoms. The molecule has 0 saturated carbocycles. The van der Waals surface area contributed by atoms with Crippen molar-refractivity contribution >= 4 is 5.82 Å². The van der Waals surface area contributed by atoms with Gasteiger partial charge in [-0.05, 0) is 4.92 Å². The highest BCUT2D eigenvalue weighted by Crippen LogP contribution is 2.16. The summed E-state index contributed by atoms with van der Waals surface area (Å²) < 4.78 is 0. The van der Waals surface area contributed by atoms with E-state index in [0.29, 0.717) is 5.82 Å². The predicted octanol–water partition coefficient (Wildman–Crippen LogP) is -0.478. The molecule has 1 atom stereocenters. The first-order chi connectivity index (χ1) is 6.54. The van der Waals surface area contributed by atoms with Crippen LogP contribution >= 0.6 is 0 Å². The number of hydrogen-bond donors (Lipinski definition) is 3. The molecule has 1 rings (SSSR count). The quantitative estimate of drug-likeness (QED) is 0.450. The topological polar surface area (TPSA) is 112 Å². The van der Waals surface area contributed by atoms with Crippen LogP contribution in [0.4, 0.5) is 5.82 Å². The number of aryl methyl sites for hydroxylation is 1. The highest BCUT2D eigenvalue weighted by Gasteiger charge is 2.20. The van der Waals surface area contributed by atoms with Gasteiger partial charge in [0.1, 0.15) is 5.69 Å². The third kappa shape index (κ3) is 2.27. The molecule has 1 aromatic heterocycles. The number of imidazole rings is 1. The van der Waals surface area contributed by atoms with E-state index in [1.807, 2.05) is 0 Å². The largest absolute Gasteiger partial charge is 0.394 e. The fourth-order valence-electron chi connectivity index (χ4n) is 1.11. The van der Waals surface area contributed by atoms with Gasteiger partial charge >= 0.3 is 5.82 Å². The zero-order valence-corrected chi connectivity index (χ0v) is 7.60. The monoisotopic (exact) mass is 201 g/mol. The summed E-state index contributed by atoms with van der Waals surface area (Å²) >= 11 is 0. The fourth-order valence-corrected chi connectivity index (χ4v) is 1.11. The number of aliphatic hydroxyl groups excluding tert-OH is 2. The van der Waals surface area contributed by atoms with Crippen molar-refractivity contribution in [3.05, 3.63) is 21.6 Å². The molecule has 0 aliphatic rings. The second-order valence-corrected chi connectivity index (χ2v) is 2.92. The third-order valence-corrected chi connectivity index (χ3v) is 1.70. The van der Waals surface area contributed by atoms with Crippen LogP contribution in [0.2, 0.25) is 0 Å². The molecule has 1 unspecified atom stereocenters. The minimum Gasteiger partial charge on any atom is -0.394 e. The van der Waals surface area contributed by atoms with E-state index in [1.54, 1.807) is 6.92 Å². The Bertz CT molecular complexity index is 336. The van der Waals surface area contributed by atoms with Gasteiger partial charge in [0.15, 0.2) is 5.82 Å². The van der Waals surface area contributed by atoms with Crippen molar-refractivity contribution in [3.8, 4) is 0 Å². The first-order valence-corrected chi connectivity index (χ1v) is 4.03. The molecule has 0 amide bonds. The van der Waals surface area contributed by atoms with Crippen LogP contribution in [0.5, 0.6) is 0 Å². The Labute approximate surface area is 79.6 Å². The Morgan fingerprint density at radius 1 is 1.71 bits per heavy atom. The smallest absolute Gasteiger partial charge is 0.343 e. The molecular weight excluding hydrogens is 190 g/mol. The fraction of sp³-hybridized carbons (Fsp3) is 0.571. The first-order valence-electron chi connectivity index (χ1n) is 4.03. The van der Waals surface area contributed by atoms with E-state index < -0.39 is 17.6 Å². The molecule has 0 saturated heterocycles. The summed E-state index contributed by atoms with van der Waals surface area (Å²) in [5.74, 6) is 0.187. The van der Waals surface area contributed by atoms with Gasteiger partial charge in [-0.15, -0.1) is 0 Å². The number of aliphatic hydroxyl groups is 2. The average molecular weight is 201 g/mol. The second kappa shape index (κ2) is 4.16. The third-order valence-electron chi connectivity index (χ3n) is 1.70. The summed E-state index contributed by atoms with van der Waals surface area (Å²) in [7, 11) is 0. The van der Waals surface area contributed by atoms with E-state index in [-0.39, 0.29) is 17.9 Å². The number of nitrogens with one attached hydrogen (secondary N) is 1. The Morgan fingerprint density at radius 2 is 2.36 bits per heavy atom. The number of rotatable bonds is 4. The van der Waals surface area contributed by atoms with Crippen molar-refractivity contribution < 1.29 is 15.1 Å². The molecular formula is C7H11N3O4. The maximum atomic E-state index is 10.5. The van der Waals surface area contributed by atoms with Crippen molar-refractivity contribution in [2.45, 2.75) is 19.4 Å². The molecule has 7 nitrogen and oxygen atoms in total. The van der Waals surface area contributed by atoms with E-state index in [9.17, 15) is 10.1 Å². The van der Waals surface area contributed by atoms with Gasteiger partial charge in [0.2, 0.25) is 0 Å². The van der Waals surface area contributed by atoms with E-state index >= 15 is 0 Å². The van der Waals surface area contributed by atoms with Crippen molar-refractivity contribution in [3.63, 3.8) is 0 Å². The first kappa shape index (κ1) is 10.6. The van der Waals surface area contributed by atoms with Crippen LogP contribution < -0.4 is 0 Å². The van der Waals surface area contributed by atoms with Crippen LogP contribution in [0.1, 0.15) is 11.5 Å². The van der Waals surface area contributed by atoms with Crippen molar-refractivity contribution in [2.24, 2.45) is 0 Å². The molecule has 78 valence electrons. The van der Waals surface area contributed by atoms with Crippen molar-refractivity contribution in [2.75, 3.05) is 6.61 Å². The molecule has 0 aromatic carbocycles. The van der Waals surface area contributed by atoms with Crippen LogP contribution in [-0.4, -0.2) is 37.8 Å². The summed E-state index contributed by atoms with van der Waals surface area (Å²) in [5, 5.41) is 28.2. The Hall–Kier alpha value is -1.47. The SMILES string of the molecule is Cc1nc(CC(O)CO)c([N+](=O)[O-])[nH]1. The highest BCUT2D eigenvalue weighted by atomic mass is 16.6.